The number of hydrogen-bond donors (Lipinski definition) is 2. The van der Waals surface area contributed by atoms with Gasteiger partial charge < -0.3 is 5.73 Å². The van der Waals surface area contributed by atoms with Crippen molar-refractivity contribution in [2.45, 2.75) is 17.8 Å². The Morgan fingerprint density at radius 3 is 2.62 bits per heavy atom. The Hall–Kier alpha value is -0.360. The molecule has 2 unspecified atom stereocenters. The molecule has 74 valence electrons. The van der Waals surface area contributed by atoms with Crippen LogP contribution in [-0.4, -0.2) is 23.9 Å². The van der Waals surface area contributed by atoms with Gasteiger partial charge in [0.2, 0.25) is 0 Å². The van der Waals surface area contributed by atoms with Crippen LogP contribution < -0.4 is 5.73 Å². The fourth-order valence-corrected chi connectivity index (χ4v) is 2.13. The zero-order valence-electron chi connectivity index (χ0n) is 6.94. The number of nitrogens with two attached hydrogens (primary N) is 1. The summed E-state index contributed by atoms with van der Waals surface area (Å²) in [5, 5.41) is 0. The molecule has 0 aliphatic heterocycles. The lowest BCUT2D eigenvalue weighted by atomic mass is 10.0. The highest BCUT2D eigenvalue weighted by atomic mass is 35.5. The second-order valence-electron chi connectivity index (χ2n) is 3.06. The van der Waals surface area contributed by atoms with Crippen LogP contribution in [0.25, 0.3) is 0 Å². The summed E-state index contributed by atoms with van der Waals surface area (Å²) in [7, 11) is -4.25. The first-order valence-electron chi connectivity index (χ1n) is 3.56. The van der Waals surface area contributed by atoms with Crippen LogP contribution in [0.1, 0.15) is 6.92 Å². The van der Waals surface area contributed by atoms with Crippen molar-refractivity contribution in [2.24, 2.45) is 5.73 Å². The molecule has 4 nitrogen and oxygen atoms in total. The van der Waals surface area contributed by atoms with Gasteiger partial charge in [0.1, 0.15) is 0 Å². The van der Waals surface area contributed by atoms with Crippen LogP contribution in [0.5, 0.6) is 0 Å². The van der Waals surface area contributed by atoms with E-state index in [9.17, 15) is 8.42 Å². The average Bonchev–Trinajstić information content (AvgIpc) is 1.92. The van der Waals surface area contributed by atoms with Gasteiger partial charge in [-0.05, 0) is 13.0 Å². The molecule has 2 atom stereocenters. The van der Waals surface area contributed by atoms with Gasteiger partial charge in [-0.3, -0.25) is 4.55 Å². The quantitative estimate of drug-likeness (QED) is 0.389. The minimum absolute atomic E-state index is 0.257. The normalized spacial score (nSPS) is 34.5. The van der Waals surface area contributed by atoms with E-state index in [1.165, 1.54) is 12.2 Å². The van der Waals surface area contributed by atoms with Crippen molar-refractivity contribution >= 4 is 21.7 Å². The van der Waals surface area contributed by atoms with Crippen molar-refractivity contribution in [3.05, 3.63) is 23.1 Å². The van der Waals surface area contributed by atoms with Crippen LogP contribution in [0.2, 0.25) is 0 Å². The van der Waals surface area contributed by atoms with E-state index in [2.05, 4.69) is 0 Å². The number of halogens is 1. The molecule has 0 saturated heterocycles. The molecule has 0 aromatic rings. The summed E-state index contributed by atoms with van der Waals surface area (Å²) in [5.41, 5.74) is 5.43. The Morgan fingerprint density at radius 2 is 2.23 bits per heavy atom. The van der Waals surface area contributed by atoms with Crippen molar-refractivity contribution < 1.29 is 13.0 Å². The zero-order valence-corrected chi connectivity index (χ0v) is 8.51. The van der Waals surface area contributed by atoms with Crippen LogP contribution in [0.3, 0.4) is 0 Å². The predicted octanol–water partition coefficient (Wildman–Crippen LogP) is 0.653. The Morgan fingerprint density at radius 1 is 1.69 bits per heavy atom. The SMILES string of the molecule is CC1(Cl)C=CC(N)C(S(=O)(=O)O)=C1. The third-order valence-electron chi connectivity index (χ3n) is 1.68. The summed E-state index contributed by atoms with van der Waals surface area (Å²) in [4.78, 5) is -1.16. The molecule has 6 heteroatoms. The van der Waals surface area contributed by atoms with Crippen molar-refractivity contribution in [1.29, 1.82) is 0 Å². The molecule has 0 fully saturated rings. The number of alkyl halides is 1. The summed E-state index contributed by atoms with van der Waals surface area (Å²) in [5.74, 6) is 0. The Labute approximate surface area is 81.8 Å². The Bertz CT molecular complexity index is 369. The van der Waals surface area contributed by atoms with E-state index < -0.39 is 21.0 Å². The van der Waals surface area contributed by atoms with Crippen LogP contribution in [-0.2, 0) is 10.1 Å². The predicted molar refractivity (Wildman–Crippen MR) is 51.0 cm³/mol. The summed E-state index contributed by atoms with van der Waals surface area (Å²) in [6, 6.07) is -0.818. The Balaban J connectivity index is 3.17. The van der Waals surface area contributed by atoms with Gasteiger partial charge in [-0.2, -0.15) is 8.42 Å². The third-order valence-corrected chi connectivity index (χ3v) is 2.90. The average molecular weight is 224 g/mol. The summed E-state index contributed by atoms with van der Waals surface area (Å²) in [6.45, 7) is 1.60. The van der Waals surface area contributed by atoms with Crippen LogP contribution in [0, 0.1) is 0 Å². The minimum atomic E-state index is -4.25. The lowest BCUT2D eigenvalue weighted by molar-refractivity contribution is 0.488. The molecule has 1 aliphatic rings. The molecule has 1 rings (SSSR count). The van der Waals surface area contributed by atoms with E-state index in [0.29, 0.717) is 0 Å². The molecular weight excluding hydrogens is 214 g/mol. The molecule has 0 saturated carbocycles. The van der Waals surface area contributed by atoms with E-state index in [-0.39, 0.29) is 4.91 Å². The largest absolute Gasteiger partial charge is 0.320 e. The van der Waals surface area contributed by atoms with E-state index in [4.69, 9.17) is 21.9 Å². The molecule has 0 spiro atoms. The van der Waals surface area contributed by atoms with Crippen LogP contribution in [0.4, 0.5) is 0 Å². The topological polar surface area (TPSA) is 80.4 Å². The lowest BCUT2D eigenvalue weighted by Crippen LogP contribution is -2.31. The molecule has 0 bridgehead atoms. The van der Waals surface area contributed by atoms with Crippen molar-refractivity contribution in [3.63, 3.8) is 0 Å². The van der Waals surface area contributed by atoms with Gasteiger partial charge in [0.25, 0.3) is 10.1 Å². The molecule has 3 N–H and O–H groups in total. The van der Waals surface area contributed by atoms with Gasteiger partial charge in [0.05, 0.1) is 15.8 Å². The highest BCUT2D eigenvalue weighted by Crippen LogP contribution is 2.27. The number of hydrogen-bond acceptors (Lipinski definition) is 3. The van der Waals surface area contributed by atoms with E-state index in [1.807, 2.05) is 0 Å². The van der Waals surface area contributed by atoms with E-state index in [1.54, 1.807) is 13.0 Å². The standard InChI is InChI=1S/C7H10ClNO3S/c1-7(8)3-2-5(9)6(4-7)13(10,11)12/h2-5H,9H2,1H3,(H,10,11,12). The highest BCUT2D eigenvalue weighted by molar-refractivity contribution is 7.89. The van der Waals surface area contributed by atoms with Crippen LogP contribution >= 0.6 is 11.6 Å². The second-order valence-corrected chi connectivity index (χ2v) is 5.29. The van der Waals surface area contributed by atoms with Gasteiger partial charge >= 0.3 is 0 Å². The first kappa shape index (κ1) is 10.7. The van der Waals surface area contributed by atoms with Crippen LogP contribution in [0.15, 0.2) is 23.1 Å². The van der Waals surface area contributed by atoms with E-state index in [0.717, 1.165) is 0 Å². The molecule has 0 aromatic carbocycles. The first-order chi connectivity index (χ1) is 5.72. The monoisotopic (exact) mass is 223 g/mol. The Kier molecular flexibility index (Phi) is 2.55. The maximum atomic E-state index is 10.8. The van der Waals surface area contributed by atoms with Crippen molar-refractivity contribution in [1.82, 2.24) is 0 Å². The van der Waals surface area contributed by atoms with Crippen molar-refractivity contribution in [3.8, 4) is 0 Å². The molecule has 0 aromatic heterocycles. The van der Waals surface area contributed by atoms with Gasteiger partial charge in [0, 0.05) is 0 Å². The number of allylic oxidation sites excluding steroid dienone is 2. The molecule has 0 heterocycles. The summed E-state index contributed by atoms with van der Waals surface area (Å²) >= 11 is 5.84. The number of rotatable bonds is 1. The molecule has 1 aliphatic carbocycles. The smallest absolute Gasteiger partial charge is 0.292 e. The van der Waals surface area contributed by atoms with Crippen molar-refractivity contribution in [2.75, 3.05) is 0 Å². The molecule has 0 amide bonds. The zero-order chi connectivity index (χ0) is 10.3. The minimum Gasteiger partial charge on any atom is -0.320 e. The van der Waals surface area contributed by atoms with Gasteiger partial charge in [-0.25, -0.2) is 0 Å². The molecule has 13 heavy (non-hydrogen) atoms. The molecule has 0 radical (unpaired) electrons. The van der Waals surface area contributed by atoms with Gasteiger partial charge in [-0.1, -0.05) is 12.2 Å². The fourth-order valence-electron chi connectivity index (χ4n) is 1.06. The van der Waals surface area contributed by atoms with Gasteiger partial charge in [0.15, 0.2) is 0 Å². The summed E-state index contributed by atoms with van der Waals surface area (Å²) < 4.78 is 30.4. The second kappa shape index (κ2) is 3.09. The summed E-state index contributed by atoms with van der Waals surface area (Å²) in [6.07, 6.45) is 4.25. The first-order valence-corrected chi connectivity index (χ1v) is 5.38. The fraction of sp³-hybridized carbons (Fsp3) is 0.429. The van der Waals surface area contributed by atoms with Gasteiger partial charge in [-0.15, -0.1) is 11.6 Å². The maximum Gasteiger partial charge on any atom is 0.292 e. The lowest BCUT2D eigenvalue weighted by Gasteiger charge is -2.22. The third kappa shape index (κ3) is 2.54. The molecular formula is C7H10ClNO3S. The highest BCUT2D eigenvalue weighted by Gasteiger charge is 2.28. The van der Waals surface area contributed by atoms with E-state index >= 15 is 0 Å². The maximum absolute atomic E-state index is 10.8.